The van der Waals surface area contributed by atoms with Crippen molar-refractivity contribution in [2.45, 2.75) is 26.7 Å². The summed E-state index contributed by atoms with van der Waals surface area (Å²) in [5.74, 6) is 0.0382. The summed E-state index contributed by atoms with van der Waals surface area (Å²) in [7, 11) is 0. The Morgan fingerprint density at radius 2 is 2.00 bits per heavy atom. The van der Waals surface area contributed by atoms with Gasteiger partial charge in [0.1, 0.15) is 5.69 Å². The van der Waals surface area contributed by atoms with Gasteiger partial charge in [0.05, 0.1) is 11.4 Å². The van der Waals surface area contributed by atoms with Crippen molar-refractivity contribution in [1.29, 1.82) is 0 Å². The summed E-state index contributed by atoms with van der Waals surface area (Å²) in [5.41, 5.74) is 2.25. The molecule has 2 heterocycles. The molecule has 0 radical (unpaired) electrons. The summed E-state index contributed by atoms with van der Waals surface area (Å²) in [5, 5.41) is 8.03. The van der Waals surface area contributed by atoms with E-state index in [4.69, 9.17) is 0 Å². The summed E-state index contributed by atoms with van der Waals surface area (Å²) in [6.07, 6.45) is 1.74. The van der Waals surface area contributed by atoms with Crippen molar-refractivity contribution in [2.24, 2.45) is 0 Å². The number of benzene rings is 1. The number of carbonyl (C=O) groups excluding carboxylic acids is 1. The zero-order valence-corrected chi connectivity index (χ0v) is 14.1. The Hall–Kier alpha value is -2.47. The predicted octanol–water partition coefficient (Wildman–Crippen LogP) is 4.01. The van der Waals surface area contributed by atoms with Crippen LogP contribution in [0.1, 0.15) is 40.8 Å². The molecule has 118 valence electrons. The summed E-state index contributed by atoms with van der Waals surface area (Å²) < 4.78 is 1.69. The van der Waals surface area contributed by atoms with Crippen LogP contribution >= 0.6 is 11.3 Å². The molecule has 0 bridgehead atoms. The highest BCUT2D eigenvalue weighted by molar-refractivity contribution is 7.15. The number of amides is 1. The van der Waals surface area contributed by atoms with E-state index < -0.39 is 0 Å². The van der Waals surface area contributed by atoms with Crippen molar-refractivity contribution < 1.29 is 4.79 Å². The first kappa shape index (κ1) is 15.4. The van der Waals surface area contributed by atoms with E-state index in [9.17, 15) is 4.79 Å². The lowest BCUT2D eigenvalue weighted by molar-refractivity contribution is 0.101. The molecule has 5 nitrogen and oxygen atoms in total. The topological polar surface area (TPSA) is 59.8 Å². The molecule has 0 spiro atoms. The molecule has 3 rings (SSSR count). The van der Waals surface area contributed by atoms with E-state index in [1.165, 1.54) is 11.3 Å². The van der Waals surface area contributed by atoms with Crippen LogP contribution in [0.4, 0.5) is 5.13 Å². The highest BCUT2D eigenvalue weighted by Gasteiger charge is 2.19. The van der Waals surface area contributed by atoms with Crippen LogP contribution in [0.3, 0.4) is 0 Å². The summed E-state index contributed by atoms with van der Waals surface area (Å²) in [6, 6.07) is 11.5. The van der Waals surface area contributed by atoms with Crippen LogP contribution in [0.2, 0.25) is 0 Å². The third-order valence-corrected chi connectivity index (χ3v) is 4.22. The molecule has 1 N–H and O–H groups in total. The number of rotatable bonds is 4. The third-order valence-electron chi connectivity index (χ3n) is 3.39. The molecule has 0 fully saturated rings. The zero-order valence-electron chi connectivity index (χ0n) is 13.3. The highest BCUT2D eigenvalue weighted by atomic mass is 32.1. The van der Waals surface area contributed by atoms with Gasteiger partial charge in [0.25, 0.3) is 5.91 Å². The van der Waals surface area contributed by atoms with Gasteiger partial charge in [0.15, 0.2) is 5.13 Å². The first-order valence-corrected chi connectivity index (χ1v) is 8.25. The second-order valence-electron chi connectivity index (χ2n) is 5.59. The maximum Gasteiger partial charge on any atom is 0.276 e. The molecule has 0 aliphatic heterocycles. The normalized spacial score (nSPS) is 11.0. The van der Waals surface area contributed by atoms with Gasteiger partial charge in [-0.2, -0.15) is 5.10 Å². The average molecular weight is 326 g/mol. The average Bonchev–Trinajstić information content (AvgIpc) is 3.15. The van der Waals surface area contributed by atoms with Crippen molar-refractivity contribution in [1.82, 2.24) is 14.8 Å². The fraction of sp³-hybridized carbons (Fsp3) is 0.235. The van der Waals surface area contributed by atoms with Crippen molar-refractivity contribution >= 4 is 22.4 Å². The molecule has 2 aromatic heterocycles. The van der Waals surface area contributed by atoms with Crippen LogP contribution in [0.15, 0.2) is 42.6 Å². The maximum absolute atomic E-state index is 12.6. The Morgan fingerprint density at radius 1 is 1.26 bits per heavy atom. The van der Waals surface area contributed by atoms with E-state index in [1.807, 2.05) is 43.3 Å². The van der Waals surface area contributed by atoms with Crippen LogP contribution in [0, 0.1) is 6.92 Å². The molecule has 6 heteroatoms. The van der Waals surface area contributed by atoms with Crippen molar-refractivity contribution in [3.8, 4) is 5.69 Å². The molecule has 23 heavy (non-hydrogen) atoms. The van der Waals surface area contributed by atoms with Crippen LogP contribution < -0.4 is 5.32 Å². The summed E-state index contributed by atoms with van der Waals surface area (Å²) in [4.78, 5) is 17.9. The smallest absolute Gasteiger partial charge is 0.276 e. The van der Waals surface area contributed by atoms with Crippen molar-refractivity contribution in [3.05, 3.63) is 58.9 Å². The zero-order chi connectivity index (χ0) is 16.4. The van der Waals surface area contributed by atoms with Crippen molar-refractivity contribution in [3.63, 3.8) is 0 Å². The number of anilines is 1. The molecule has 0 saturated carbocycles. The molecule has 0 aliphatic rings. The van der Waals surface area contributed by atoms with E-state index in [1.54, 1.807) is 10.9 Å². The number of aromatic nitrogens is 3. The van der Waals surface area contributed by atoms with Gasteiger partial charge in [-0.15, -0.1) is 11.3 Å². The van der Waals surface area contributed by atoms with E-state index >= 15 is 0 Å². The van der Waals surface area contributed by atoms with Crippen LogP contribution in [0.25, 0.3) is 5.69 Å². The van der Waals surface area contributed by atoms with Gasteiger partial charge in [-0.3, -0.25) is 10.1 Å². The molecule has 1 aromatic carbocycles. The van der Waals surface area contributed by atoms with E-state index in [0.29, 0.717) is 10.8 Å². The van der Waals surface area contributed by atoms with Gasteiger partial charge < -0.3 is 0 Å². The Bertz CT molecular complexity index is 820. The molecular weight excluding hydrogens is 308 g/mol. The lowest BCUT2D eigenvalue weighted by Gasteiger charge is -2.06. The Kier molecular flexibility index (Phi) is 4.25. The second kappa shape index (κ2) is 6.34. The highest BCUT2D eigenvalue weighted by Crippen LogP contribution is 2.21. The minimum Gasteiger partial charge on any atom is -0.296 e. The number of hydrogen-bond donors (Lipinski definition) is 1. The quantitative estimate of drug-likeness (QED) is 0.788. The summed E-state index contributed by atoms with van der Waals surface area (Å²) in [6.45, 7) is 6.07. The minimum absolute atomic E-state index is 0.206. The lowest BCUT2D eigenvalue weighted by atomic mass is 10.1. The second-order valence-corrected chi connectivity index (χ2v) is 6.82. The number of aryl methyl sites for hydroxylation is 1. The largest absolute Gasteiger partial charge is 0.296 e. The number of thiazole rings is 1. The van der Waals surface area contributed by atoms with E-state index in [2.05, 4.69) is 29.2 Å². The van der Waals surface area contributed by atoms with Crippen LogP contribution in [-0.4, -0.2) is 20.7 Å². The number of nitrogens with zero attached hydrogens (tertiary/aromatic N) is 3. The first-order valence-electron chi connectivity index (χ1n) is 7.44. The molecule has 0 atom stereocenters. The SMILES string of the molecule is Cc1cnc(NC(=O)c2cc(C(C)C)nn2-c2ccccc2)s1. The fourth-order valence-electron chi connectivity index (χ4n) is 2.18. The third kappa shape index (κ3) is 3.32. The Balaban J connectivity index is 1.98. The van der Waals surface area contributed by atoms with Crippen LogP contribution in [-0.2, 0) is 0 Å². The number of nitrogens with one attached hydrogen (secondary N) is 1. The van der Waals surface area contributed by atoms with Gasteiger partial charge in [-0.1, -0.05) is 32.0 Å². The predicted molar refractivity (Wildman–Crippen MR) is 92.5 cm³/mol. The Labute approximate surface area is 139 Å². The van der Waals surface area contributed by atoms with Gasteiger partial charge >= 0.3 is 0 Å². The monoisotopic (exact) mass is 326 g/mol. The molecule has 3 aromatic rings. The van der Waals surface area contributed by atoms with Crippen LogP contribution in [0.5, 0.6) is 0 Å². The molecule has 0 unspecified atom stereocenters. The first-order chi connectivity index (χ1) is 11.0. The molecular formula is C17H18N4OS. The van der Waals surface area contributed by atoms with E-state index in [0.717, 1.165) is 16.3 Å². The molecule has 0 aliphatic carbocycles. The number of carbonyl (C=O) groups is 1. The van der Waals surface area contributed by atoms with Crippen molar-refractivity contribution in [2.75, 3.05) is 5.32 Å². The van der Waals surface area contributed by atoms with Gasteiger partial charge in [0, 0.05) is 11.1 Å². The standard InChI is InChI=1S/C17H18N4OS/c1-11(2)14-9-15(16(22)19-17-18-10-12(3)23-17)21(20-14)13-7-5-4-6-8-13/h4-11H,1-3H3,(H,18,19,22). The van der Waals surface area contributed by atoms with Gasteiger partial charge in [-0.05, 0) is 31.0 Å². The maximum atomic E-state index is 12.6. The number of para-hydroxylation sites is 1. The Morgan fingerprint density at radius 3 is 2.61 bits per heavy atom. The summed E-state index contributed by atoms with van der Waals surface area (Å²) >= 11 is 1.45. The molecule has 1 amide bonds. The minimum atomic E-state index is -0.206. The number of hydrogen-bond acceptors (Lipinski definition) is 4. The van der Waals surface area contributed by atoms with E-state index in [-0.39, 0.29) is 11.8 Å². The fourth-order valence-corrected chi connectivity index (χ4v) is 2.84. The lowest BCUT2D eigenvalue weighted by Crippen LogP contribution is -2.16. The van der Waals surface area contributed by atoms with Gasteiger partial charge in [0.2, 0.25) is 0 Å². The van der Waals surface area contributed by atoms with Gasteiger partial charge in [-0.25, -0.2) is 9.67 Å². The molecule has 0 saturated heterocycles.